The van der Waals surface area contributed by atoms with Gasteiger partial charge in [0.25, 0.3) is 5.56 Å². The summed E-state index contributed by atoms with van der Waals surface area (Å²) in [7, 11) is 1.76. The minimum Gasteiger partial charge on any atom is -0.344 e. The molecule has 6 heteroatoms. The van der Waals surface area contributed by atoms with Gasteiger partial charge in [-0.3, -0.25) is 14.7 Å². The molecule has 0 aliphatic rings. The minimum absolute atomic E-state index is 0.0678. The predicted molar refractivity (Wildman–Crippen MR) is 101 cm³/mol. The largest absolute Gasteiger partial charge is 0.344 e. The van der Waals surface area contributed by atoms with E-state index in [2.05, 4.69) is 10.2 Å². The molecule has 2 aromatic heterocycles. The van der Waals surface area contributed by atoms with Gasteiger partial charge in [-0.05, 0) is 25.0 Å². The summed E-state index contributed by atoms with van der Waals surface area (Å²) < 4.78 is 1.42. The molecule has 134 valence electrons. The van der Waals surface area contributed by atoms with Gasteiger partial charge in [0.1, 0.15) is 6.54 Å². The Morgan fingerprint density at radius 1 is 1.15 bits per heavy atom. The van der Waals surface area contributed by atoms with Crippen LogP contribution in [-0.2, 0) is 17.8 Å². The normalized spacial score (nSPS) is 10.7. The van der Waals surface area contributed by atoms with E-state index in [1.165, 1.54) is 10.6 Å². The highest BCUT2D eigenvalue weighted by Crippen LogP contribution is 2.17. The fraction of sp³-hybridized carbons (Fsp3) is 0.250. The van der Waals surface area contributed by atoms with E-state index in [9.17, 15) is 9.59 Å². The molecule has 6 nitrogen and oxygen atoms in total. The molecule has 0 atom stereocenters. The van der Waals surface area contributed by atoms with Gasteiger partial charge in [-0.1, -0.05) is 36.4 Å². The first-order valence-corrected chi connectivity index (χ1v) is 8.62. The first-order chi connectivity index (χ1) is 12.6. The number of carbonyl (C=O) groups excluding carboxylic acids is 1. The lowest BCUT2D eigenvalue weighted by Gasteiger charge is -2.17. The molecule has 1 N–H and O–H groups in total. The van der Waals surface area contributed by atoms with Crippen LogP contribution in [0.1, 0.15) is 12.1 Å². The number of carbonyl (C=O) groups is 1. The fourth-order valence-corrected chi connectivity index (χ4v) is 2.74. The highest BCUT2D eigenvalue weighted by atomic mass is 16.2. The van der Waals surface area contributed by atoms with Crippen LogP contribution in [0.4, 0.5) is 0 Å². The van der Waals surface area contributed by atoms with Gasteiger partial charge >= 0.3 is 0 Å². The second-order valence-corrected chi connectivity index (χ2v) is 6.23. The molecule has 0 aliphatic heterocycles. The lowest BCUT2D eigenvalue weighted by atomic mass is 10.1. The van der Waals surface area contributed by atoms with Crippen molar-refractivity contribution in [2.24, 2.45) is 0 Å². The van der Waals surface area contributed by atoms with Crippen LogP contribution in [0.15, 0.2) is 65.6 Å². The SMILES string of the molecule is CN(CCCc1cc(-c2ccccc2)n[nH]1)C(=O)Cn1ccccc1=O. The average molecular weight is 350 g/mol. The van der Waals surface area contributed by atoms with Gasteiger partial charge in [0.15, 0.2) is 0 Å². The maximum atomic E-state index is 12.2. The first-order valence-electron chi connectivity index (χ1n) is 8.62. The topological polar surface area (TPSA) is 71.0 Å². The maximum Gasteiger partial charge on any atom is 0.250 e. The molecule has 1 aromatic carbocycles. The summed E-state index contributed by atoms with van der Waals surface area (Å²) in [5, 5.41) is 7.40. The van der Waals surface area contributed by atoms with Crippen LogP contribution in [-0.4, -0.2) is 39.2 Å². The van der Waals surface area contributed by atoms with Crippen molar-refractivity contribution in [2.75, 3.05) is 13.6 Å². The Hall–Kier alpha value is -3.15. The van der Waals surface area contributed by atoms with E-state index in [1.54, 1.807) is 30.3 Å². The van der Waals surface area contributed by atoms with E-state index in [0.717, 1.165) is 29.8 Å². The highest BCUT2D eigenvalue weighted by molar-refractivity contribution is 5.75. The summed E-state index contributed by atoms with van der Waals surface area (Å²) in [5.41, 5.74) is 2.88. The third kappa shape index (κ3) is 4.47. The standard InChI is InChI=1S/C20H22N4O2/c1-23(20(26)15-24-13-6-5-11-19(24)25)12-7-10-17-14-18(22-21-17)16-8-3-2-4-9-16/h2-6,8-9,11,13-14H,7,10,12,15H2,1H3,(H,21,22). The molecular weight excluding hydrogens is 328 g/mol. The maximum absolute atomic E-state index is 12.2. The van der Waals surface area contributed by atoms with Crippen molar-refractivity contribution in [3.05, 3.63) is 76.8 Å². The fourth-order valence-electron chi connectivity index (χ4n) is 2.74. The Kier molecular flexibility index (Phi) is 5.63. The Bertz CT molecular complexity index is 915. The molecule has 0 saturated carbocycles. The summed E-state index contributed by atoms with van der Waals surface area (Å²) in [4.78, 5) is 25.6. The van der Waals surface area contributed by atoms with Gasteiger partial charge in [-0.25, -0.2) is 0 Å². The smallest absolute Gasteiger partial charge is 0.250 e. The lowest BCUT2D eigenvalue weighted by Crippen LogP contribution is -2.34. The minimum atomic E-state index is -0.167. The van der Waals surface area contributed by atoms with Gasteiger partial charge < -0.3 is 9.47 Å². The number of hydrogen-bond acceptors (Lipinski definition) is 3. The van der Waals surface area contributed by atoms with E-state index in [1.807, 2.05) is 36.4 Å². The van der Waals surface area contributed by atoms with Crippen molar-refractivity contribution < 1.29 is 4.79 Å². The molecular formula is C20H22N4O2. The molecule has 26 heavy (non-hydrogen) atoms. The quantitative estimate of drug-likeness (QED) is 0.711. The van der Waals surface area contributed by atoms with Crippen molar-refractivity contribution in [3.63, 3.8) is 0 Å². The van der Waals surface area contributed by atoms with Gasteiger partial charge in [0.2, 0.25) is 5.91 Å². The van der Waals surface area contributed by atoms with Crippen molar-refractivity contribution >= 4 is 5.91 Å². The van der Waals surface area contributed by atoms with E-state index in [-0.39, 0.29) is 18.0 Å². The number of likely N-dealkylation sites (N-methyl/N-ethyl adjacent to an activating group) is 1. The number of pyridine rings is 1. The van der Waals surface area contributed by atoms with Gasteiger partial charge in [-0.15, -0.1) is 0 Å². The molecule has 0 saturated heterocycles. The van der Waals surface area contributed by atoms with Gasteiger partial charge in [0, 0.05) is 37.1 Å². The summed E-state index contributed by atoms with van der Waals surface area (Å²) in [5.74, 6) is -0.0760. The first kappa shape index (κ1) is 17.7. The monoisotopic (exact) mass is 350 g/mol. The predicted octanol–water partition coefficient (Wildman–Crippen LogP) is 2.33. The molecule has 1 amide bonds. The molecule has 2 heterocycles. The molecule has 0 fully saturated rings. The number of aryl methyl sites for hydroxylation is 1. The second-order valence-electron chi connectivity index (χ2n) is 6.23. The number of hydrogen-bond donors (Lipinski definition) is 1. The van der Waals surface area contributed by atoms with Crippen LogP contribution >= 0.6 is 0 Å². The molecule has 3 aromatic rings. The molecule has 0 unspecified atom stereocenters. The Balaban J connectivity index is 1.49. The van der Waals surface area contributed by atoms with Crippen LogP contribution in [0.3, 0.4) is 0 Å². The van der Waals surface area contributed by atoms with E-state index >= 15 is 0 Å². The molecule has 3 rings (SSSR count). The highest BCUT2D eigenvalue weighted by Gasteiger charge is 2.10. The van der Waals surface area contributed by atoms with Crippen LogP contribution < -0.4 is 5.56 Å². The van der Waals surface area contributed by atoms with Crippen LogP contribution in [0.5, 0.6) is 0 Å². The van der Waals surface area contributed by atoms with E-state index in [0.29, 0.717) is 6.54 Å². The number of benzene rings is 1. The summed E-state index contributed by atoms with van der Waals surface area (Å²) in [6.07, 6.45) is 3.26. The van der Waals surface area contributed by atoms with E-state index < -0.39 is 0 Å². The lowest BCUT2D eigenvalue weighted by molar-refractivity contribution is -0.130. The number of nitrogens with one attached hydrogen (secondary N) is 1. The Morgan fingerprint density at radius 3 is 2.69 bits per heavy atom. The molecule has 0 radical (unpaired) electrons. The van der Waals surface area contributed by atoms with Gasteiger partial charge in [0.05, 0.1) is 5.69 Å². The van der Waals surface area contributed by atoms with Crippen LogP contribution in [0, 0.1) is 0 Å². The molecule has 0 aliphatic carbocycles. The zero-order valence-electron chi connectivity index (χ0n) is 14.8. The molecule has 0 bridgehead atoms. The Labute approximate surface area is 152 Å². The van der Waals surface area contributed by atoms with Crippen molar-refractivity contribution in [3.8, 4) is 11.3 Å². The number of rotatable bonds is 7. The third-order valence-corrected chi connectivity index (χ3v) is 4.27. The number of amides is 1. The van der Waals surface area contributed by atoms with Crippen LogP contribution in [0.2, 0.25) is 0 Å². The number of H-pyrrole nitrogens is 1. The third-order valence-electron chi connectivity index (χ3n) is 4.27. The zero-order valence-corrected chi connectivity index (χ0v) is 14.8. The van der Waals surface area contributed by atoms with E-state index in [4.69, 9.17) is 0 Å². The average Bonchev–Trinajstić information content (AvgIpc) is 3.13. The number of aromatic nitrogens is 3. The van der Waals surface area contributed by atoms with Gasteiger partial charge in [-0.2, -0.15) is 5.10 Å². The van der Waals surface area contributed by atoms with Crippen molar-refractivity contribution in [2.45, 2.75) is 19.4 Å². The summed E-state index contributed by atoms with van der Waals surface area (Å²) in [6.45, 7) is 0.693. The summed E-state index contributed by atoms with van der Waals surface area (Å²) in [6, 6.07) is 16.9. The number of nitrogens with zero attached hydrogens (tertiary/aromatic N) is 3. The Morgan fingerprint density at radius 2 is 1.92 bits per heavy atom. The van der Waals surface area contributed by atoms with Crippen LogP contribution in [0.25, 0.3) is 11.3 Å². The van der Waals surface area contributed by atoms with Crippen molar-refractivity contribution in [1.82, 2.24) is 19.7 Å². The zero-order chi connectivity index (χ0) is 18.4. The summed E-state index contributed by atoms with van der Waals surface area (Å²) >= 11 is 0. The van der Waals surface area contributed by atoms with Crippen molar-refractivity contribution in [1.29, 1.82) is 0 Å². The molecule has 0 spiro atoms. The second kappa shape index (κ2) is 8.29. The number of aromatic amines is 1.